The van der Waals surface area contributed by atoms with Gasteiger partial charge in [0.2, 0.25) is 5.91 Å². The van der Waals surface area contributed by atoms with Crippen molar-refractivity contribution in [1.29, 1.82) is 0 Å². The Morgan fingerprint density at radius 1 is 1.22 bits per heavy atom. The van der Waals surface area contributed by atoms with Gasteiger partial charge in [0.1, 0.15) is 11.3 Å². The third-order valence-electron chi connectivity index (χ3n) is 4.13. The molecule has 140 valence electrons. The Kier molecular flexibility index (Phi) is 5.78. The van der Waals surface area contributed by atoms with Crippen molar-refractivity contribution in [2.24, 2.45) is 0 Å². The van der Waals surface area contributed by atoms with Gasteiger partial charge in [-0.05, 0) is 56.2 Å². The summed E-state index contributed by atoms with van der Waals surface area (Å²) < 4.78 is 11.3. The number of amides is 1. The van der Waals surface area contributed by atoms with Gasteiger partial charge in [0.15, 0.2) is 0 Å². The minimum atomic E-state index is -0.266. The first kappa shape index (κ1) is 19.3. The van der Waals surface area contributed by atoms with Crippen molar-refractivity contribution in [3.63, 3.8) is 0 Å². The summed E-state index contributed by atoms with van der Waals surface area (Å²) in [5.41, 5.74) is 3.98. The van der Waals surface area contributed by atoms with Crippen LogP contribution < -0.4 is 10.1 Å². The smallest absolute Gasteiger partial charge is 0.248 e. The van der Waals surface area contributed by atoms with Crippen LogP contribution in [0, 0.1) is 6.92 Å². The Bertz CT molecular complexity index is 1040. The van der Waals surface area contributed by atoms with E-state index in [0.717, 1.165) is 27.7 Å². The number of halogens is 2. The van der Waals surface area contributed by atoms with Crippen LogP contribution in [-0.2, 0) is 4.79 Å². The molecule has 0 atom stereocenters. The van der Waals surface area contributed by atoms with Gasteiger partial charge in [-0.25, -0.2) is 0 Å². The predicted octanol–water partition coefficient (Wildman–Crippen LogP) is 6.49. The van der Waals surface area contributed by atoms with Crippen LogP contribution >= 0.6 is 23.2 Å². The van der Waals surface area contributed by atoms with Crippen LogP contribution in [0.5, 0.6) is 5.75 Å². The summed E-state index contributed by atoms with van der Waals surface area (Å²) in [5, 5.41) is 4.60. The molecule has 1 heterocycles. The molecule has 0 aliphatic rings. The van der Waals surface area contributed by atoms with E-state index in [9.17, 15) is 4.79 Å². The first-order valence-electron chi connectivity index (χ1n) is 8.48. The largest absolute Gasteiger partial charge is 0.493 e. The van der Waals surface area contributed by atoms with Crippen LogP contribution in [0.25, 0.3) is 16.5 Å². The van der Waals surface area contributed by atoms with Crippen molar-refractivity contribution in [1.82, 2.24) is 0 Å². The Hall–Kier alpha value is -2.43. The minimum absolute atomic E-state index is 0.266. The number of ether oxygens (including phenoxy) is 1. The maximum atomic E-state index is 12.4. The molecule has 0 saturated heterocycles. The van der Waals surface area contributed by atoms with Crippen molar-refractivity contribution in [2.45, 2.75) is 20.8 Å². The number of carbonyl (C=O) groups is 1. The average molecular weight is 404 g/mol. The van der Waals surface area contributed by atoms with Crippen LogP contribution in [-0.4, -0.2) is 12.5 Å². The van der Waals surface area contributed by atoms with Crippen LogP contribution in [0.1, 0.15) is 25.0 Å². The summed E-state index contributed by atoms with van der Waals surface area (Å²) in [6.07, 6.45) is 3.24. The molecule has 2 aromatic carbocycles. The summed E-state index contributed by atoms with van der Waals surface area (Å²) in [6, 6.07) is 8.78. The highest BCUT2D eigenvalue weighted by molar-refractivity contribution is 6.42. The van der Waals surface area contributed by atoms with Crippen LogP contribution in [0.4, 0.5) is 5.69 Å². The summed E-state index contributed by atoms with van der Waals surface area (Å²) in [6.45, 7) is 6.28. The zero-order valence-corrected chi connectivity index (χ0v) is 16.7. The highest BCUT2D eigenvalue weighted by Crippen LogP contribution is 2.33. The summed E-state index contributed by atoms with van der Waals surface area (Å²) >= 11 is 11.9. The topological polar surface area (TPSA) is 51.5 Å². The molecule has 4 nitrogen and oxygen atoms in total. The maximum absolute atomic E-state index is 12.4. The lowest BCUT2D eigenvalue weighted by Gasteiger charge is -2.11. The molecule has 0 unspecified atom stereocenters. The second-order valence-electron chi connectivity index (χ2n) is 6.14. The third kappa shape index (κ3) is 4.29. The third-order valence-corrected chi connectivity index (χ3v) is 4.87. The lowest BCUT2D eigenvalue weighted by molar-refractivity contribution is -0.111. The number of furan rings is 1. The molecule has 1 N–H and O–H groups in total. The number of hydrogen-bond acceptors (Lipinski definition) is 3. The van der Waals surface area contributed by atoms with Crippen molar-refractivity contribution in [3.05, 3.63) is 63.8 Å². The number of nitrogens with one attached hydrogen (secondary N) is 1. The molecule has 1 amide bonds. The van der Waals surface area contributed by atoms with Gasteiger partial charge in [-0.1, -0.05) is 23.2 Å². The number of anilines is 1. The fraction of sp³-hybridized carbons (Fsp3) is 0.190. The van der Waals surface area contributed by atoms with Crippen molar-refractivity contribution in [3.8, 4) is 5.75 Å². The Morgan fingerprint density at radius 2 is 2.00 bits per heavy atom. The zero-order chi connectivity index (χ0) is 19.6. The molecule has 0 spiro atoms. The van der Waals surface area contributed by atoms with E-state index >= 15 is 0 Å². The van der Waals surface area contributed by atoms with Gasteiger partial charge < -0.3 is 14.5 Å². The number of carbonyl (C=O) groups excluding carboxylic acids is 1. The fourth-order valence-corrected chi connectivity index (χ4v) is 3.09. The van der Waals surface area contributed by atoms with E-state index in [4.69, 9.17) is 32.4 Å². The van der Waals surface area contributed by atoms with Gasteiger partial charge >= 0.3 is 0 Å². The lowest BCUT2D eigenvalue weighted by Crippen LogP contribution is -2.08. The molecule has 3 rings (SSSR count). The molecule has 0 bridgehead atoms. The maximum Gasteiger partial charge on any atom is 0.248 e. The normalized spacial score (nSPS) is 11.7. The zero-order valence-electron chi connectivity index (χ0n) is 15.2. The Labute approximate surface area is 167 Å². The molecule has 0 aliphatic carbocycles. The van der Waals surface area contributed by atoms with Gasteiger partial charge in [0.25, 0.3) is 0 Å². The number of benzene rings is 2. The van der Waals surface area contributed by atoms with E-state index in [1.165, 1.54) is 6.08 Å². The number of fused-ring (bicyclic) bond motifs is 1. The van der Waals surface area contributed by atoms with Gasteiger partial charge in [-0.2, -0.15) is 0 Å². The van der Waals surface area contributed by atoms with E-state index < -0.39 is 0 Å². The van der Waals surface area contributed by atoms with Crippen molar-refractivity contribution >= 4 is 51.3 Å². The van der Waals surface area contributed by atoms with E-state index in [0.29, 0.717) is 28.1 Å². The Balaban J connectivity index is 1.91. The SMILES string of the molecule is CCOc1cc2occ(C)c2cc1/C(C)=C/C(=O)Nc1ccc(Cl)c(Cl)c1. The molecule has 0 saturated carbocycles. The molecule has 3 aromatic rings. The second-order valence-corrected chi connectivity index (χ2v) is 6.96. The molecule has 27 heavy (non-hydrogen) atoms. The highest BCUT2D eigenvalue weighted by atomic mass is 35.5. The first-order chi connectivity index (χ1) is 12.9. The van der Waals surface area contributed by atoms with Crippen LogP contribution in [0.2, 0.25) is 10.0 Å². The molecule has 0 radical (unpaired) electrons. The minimum Gasteiger partial charge on any atom is -0.493 e. The fourth-order valence-electron chi connectivity index (χ4n) is 2.79. The second kappa shape index (κ2) is 8.07. The van der Waals surface area contributed by atoms with Gasteiger partial charge in [0, 0.05) is 28.8 Å². The number of rotatable bonds is 5. The molecular formula is C21H19Cl2NO3. The first-order valence-corrected chi connectivity index (χ1v) is 9.24. The van der Waals surface area contributed by atoms with Gasteiger partial charge in [0.05, 0.1) is 22.9 Å². The molecular weight excluding hydrogens is 385 g/mol. The Morgan fingerprint density at radius 3 is 2.70 bits per heavy atom. The predicted molar refractivity (Wildman–Crippen MR) is 111 cm³/mol. The number of allylic oxidation sites excluding steroid dienone is 1. The van der Waals surface area contributed by atoms with E-state index in [1.54, 1.807) is 24.5 Å². The standard InChI is InChI=1S/C21H19Cl2NO3/c1-4-26-19-10-20-16(13(3)11-27-20)9-15(19)12(2)7-21(25)24-14-5-6-17(22)18(23)8-14/h5-11H,4H2,1-3H3,(H,24,25)/b12-7+. The number of hydrogen-bond donors (Lipinski definition) is 1. The average Bonchev–Trinajstić information content (AvgIpc) is 2.98. The summed E-state index contributed by atoms with van der Waals surface area (Å²) in [5.74, 6) is 0.410. The van der Waals surface area contributed by atoms with Gasteiger partial charge in [-0.3, -0.25) is 4.79 Å². The van der Waals surface area contributed by atoms with Crippen molar-refractivity contribution < 1.29 is 13.9 Å². The molecule has 6 heteroatoms. The quantitative estimate of drug-likeness (QED) is 0.495. The van der Waals surface area contributed by atoms with Crippen LogP contribution in [0.3, 0.4) is 0 Å². The van der Waals surface area contributed by atoms with Crippen LogP contribution in [0.15, 0.2) is 47.1 Å². The molecule has 0 fully saturated rings. The van der Waals surface area contributed by atoms with Crippen molar-refractivity contribution in [2.75, 3.05) is 11.9 Å². The van der Waals surface area contributed by atoms with E-state index in [2.05, 4.69) is 5.32 Å². The number of aryl methyl sites for hydroxylation is 1. The van der Waals surface area contributed by atoms with E-state index in [-0.39, 0.29) is 5.91 Å². The summed E-state index contributed by atoms with van der Waals surface area (Å²) in [4.78, 5) is 12.4. The lowest BCUT2D eigenvalue weighted by atomic mass is 10.0. The monoisotopic (exact) mass is 403 g/mol. The van der Waals surface area contributed by atoms with E-state index in [1.807, 2.05) is 32.9 Å². The highest BCUT2D eigenvalue weighted by Gasteiger charge is 2.13. The molecule has 0 aliphatic heterocycles. The molecule has 1 aromatic heterocycles. The summed E-state index contributed by atoms with van der Waals surface area (Å²) in [7, 11) is 0. The van der Waals surface area contributed by atoms with Gasteiger partial charge in [-0.15, -0.1) is 0 Å².